The molecule has 0 atom stereocenters. The zero-order chi connectivity index (χ0) is 18.1. The van der Waals surface area contributed by atoms with Crippen molar-refractivity contribution in [2.75, 3.05) is 13.2 Å². The van der Waals surface area contributed by atoms with Crippen LogP contribution in [0.25, 0.3) is 0 Å². The van der Waals surface area contributed by atoms with Crippen LogP contribution in [-0.2, 0) is 19.3 Å². The molecule has 136 valence electrons. The molecule has 2 heteroatoms. The lowest BCUT2D eigenvalue weighted by Gasteiger charge is -2.14. The summed E-state index contributed by atoms with van der Waals surface area (Å²) in [6.07, 6.45) is 7.11. The van der Waals surface area contributed by atoms with Crippen molar-refractivity contribution < 1.29 is 10.2 Å². The Hall–Kier alpha value is -1.64. The maximum absolute atomic E-state index is 9.32. The molecular weight excluding hydrogens is 308 g/mol. The molecule has 0 unspecified atom stereocenters. The number of aliphatic hydroxyl groups is 2. The fourth-order valence-corrected chi connectivity index (χ4v) is 3.25. The van der Waals surface area contributed by atoms with E-state index in [4.69, 9.17) is 0 Å². The molecule has 0 aliphatic rings. The highest BCUT2D eigenvalue weighted by Crippen LogP contribution is 2.20. The van der Waals surface area contributed by atoms with Crippen LogP contribution >= 0.6 is 0 Å². The minimum Gasteiger partial charge on any atom is -0.396 e. The van der Waals surface area contributed by atoms with Crippen molar-refractivity contribution in [3.63, 3.8) is 0 Å². The first-order valence-electron chi connectivity index (χ1n) is 9.56. The number of unbranched alkanes of at least 4 members (excludes halogenated alkanes) is 2. The fourth-order valence-electron chi connectivity index (χ4n) is 3.25. The third-order valence-corrected chi connectivity index (χ3v) is 5.05. The molecular formula is C23H32O2. The number of hydrogen-bond acceptors (Lipinski definition) is 2. The van der Waals surface area contributed by atoms with Crippen LogP contribution in [-0.4, -0.2) is 23.4 Å². The van der Waals surface area contributed by atoms with Gasteiger partial charge in [0, 0.05) is 5.92 Å². The Morgan fingerprint density at radius 1 is 0.800 bits per heavy atom. The maximum Gasteiger partial charge on any atom is 0.0521 e. The number of aliphatic hydroxyl groups excluding tert-OH is 2. The Morgan fingerprint density at radius 3 is 2.00 bits per heavy atom. The quantitative estimate of drug-likeness (QED) is 0.622. The monoisotopic (exact) mass is 340 g/mol. The second kappa shape index (κ2) is 10.4. The van der Waals surface area contributed by atoms with Gasteiger partial charge in [0.25, 0.3) is 0 Å². The van der Waals surface area contributed by atoms with Crippen molar-refractivity contribution in [3.8, 4) is 0 Å². The van der Waals surface area contributed by atoms with Gasteiger partial charge in [0.2, 0.25) is 0 Å². The molecule has 0 heterocycles. The van der Waals surface area contributed by atoms with Crippen LogP contribution in [0.4, 0.5) is 0 Å². The fraction of sp³-hybridized carbons (Fsp3) is 0.478. The van der Waals surface area contributed by atoms with Crippen LogP contribution in [0, 0.1) is 6.92 Å². The summed E-state index contributed by atoms with van der Waals surface area (Å²) >= 11 is 0. The molecule has 2 rings (SSSR count). The lowest BCUT2D eigenvalue weighted by molar-refractivity contribution is 0.192. The van der Waals surface area contributed by atoms with Gasteiger partial charge in [-0.1, -0.05) is 62.2 Å². The van der Waals surface area contributed by atoms with E-state index in [0.29, 0.717) is 0 Å². The summed E-state index contributed by atoms with van der Waals surface area (Å²) in [5.41, 5.74) is 6.41. The molecule has 0 amide bonds. The smallest absolute Gasteiger partial charge is 0.0521 e. The van der Waals surface area contributed by atoms with Crippen molar-refractivity contribution in [2.45, 2.75) is 58.3 Å². The van der Waals surface area contributed by atoms with E-state index in [1.165, 1.54) is 47.9 Å². The van der Waals surface area contributed by atoms with Crippen LogP contribution in [0.5, 0.6) is 0 Å². The van der Waals surface area contributed by atoms with E-state index in [2.05, 4.69) is 50.2 Å². The first-order chi connectivity index (χ1) is 12.2. The lowest BCUT2D eigenvalue weighted by Crippen LogP contribution is -2.09. The Labute approximate surface area is 152 Å². The van der Waals surface area contributed by atoms with E-state index in [9.17, 15) is 10.2 Å². The predicted octanol–water partition coefficient (Wildman–Crippen LogP) is 4.58. The lowest BCUT2D eigenvalue weighted by atomic mass is 9.93. The van der Waals surface area contributed by atoms with Crippen LogP contribution in [0.1, 0.15) is 59.9 Å². The van der Waals surface area contributed by atoms with E-state index < -0.39 is 0 Å². The van der Waals surface area contributed by atoms with Crippen LogP contribution < -0.4 is 0 Å². The van der Waals surface area contributed by atoms with E-state index in [0.717, 1.165) is 18.4 Å². The molecule has 0 saturated heterocycles. The van der Waals surface area contributed by atoms with Gasteiger partial charge in [0.15, 0.2) is 0 Å². The van der Waals surface area contributed by atoms with Gasteiger partial charge in [-0.2, -0.15) is 0 Å². The minimum atomic E-state index is -0.173. The molecule has 0 aromatic heterocycles. The number of hydrogen-bond donors (Lipinski definition) is 2. The van der Waals surface area contributed by atoms with Gasteiger partial charge < -0.3 is 10.2 Å². The van der Waals surface area contributed by atoms with E-state index in [1.54, 1.807) is 0 Å². The molecule has 0 bridgehead atoms. The van der Waals surface area contributed by atoms with Crippen LogP contribution in [0.2, 0.25) is 0 Å². The van der Waals surface area contributed by atoms with Gasteiger partial charge in [-0.25, -0.2) is 0 Å². The minimum absolute atomic E-state index is 0.0140. The number of benzene rings is 2. The molecule has 2 N–H and O–H groups in total. The first-order valence-corrected chi connectivity index (χ1v) is 9.56. The molecule has 2 aromatic rings. The Morgan fingerprint density at radius 2 is 1.44 bits per heavy atom. The van der Waals surface area contributed by atoms with Gasteiger partial charge in [-0.05, 0) is 60.4 Å². The van der Waals surface area contributed by atoms with E-state index in [1.807, 2.05) is 6.07 Å². The summed E-state index contributed by atoms with van der Waals surface area (Å²) in [4.78, 5) is 0. The van der Waals surface area contributed by atoms with Crippen molar-refractivity contribution >= 4 is 0 Å². The van der Waals surface area contributed by atoms with Gasteiger partial charge in [-0.3, -0.25) is 0 Å². The van der Waals surface area contributed by atoms with Crippen molar-refractivity contribution in [2.24, 2.45) is 0 Å². The molecule has 2 aromatic carbocycles. The van der Waals surface area contributed by atoms with Crippen LogP contribution in [0.15, 0.2) is 42.5 Å². The Kier molecular flexibility index (Phi) is 8.17. The Balaban J connectivity index is 1.92. The second-order valence-electron chi connectivity index (χ2n) is 7.02. The summed E-state index contributed by atoms with van der Waals surface area (Å²) < 4.78 is 0. The van der Waals surface area contributed by atoms with Crippen molar-refractivity contribution in [3.05, 3.63) is 70.3 Å². The zero-order valence-electron chi connectivity index (χ0n) is 15.7. The average molecular weight is 341 g/mol. The number of aryl methyl sites for hydroxylation is 4. The summed E-state index contributed by atoms with van der Waals surface area (Å²) in [5.74, 6) is -0.173. The molecule has 0 aliphatic carbocycles. The maximum atomic E-state index is 9.32. The second-order valence-corrected chi connectivity index (χ2v) is 7.02. The summed E-state index contributed by atoms with van der Waals surface area (Å²) in [7, 11) is 0. The average Bonchev–Trinajstić information content (AvgIpc) is 2.63. The molecule has 0 saturated carbocycles. The highest BCUT2D eigenvalue weighted by Gasteiger charge is 2.10. The van der Waals surface area contributed by atoms with Crippen molar-refractivity contribution in [1.29, 1.82) is 0 Å². The first kappa shape index (κ1) is 19.7. The molecule has 0 fully saturated rings. The predicted molar refractivity (Wildman–Crippen MR) is 105 cm³/mol. The van der Waals surface area contributed by atoms with Crippen molar-refractivity contribution in [1.82, 2.24) is 0 Å². The van der Waals surface area contributed by atoms with Gasteiger partial charge in [0.1, 0.15) is 0 Å². The standard InChI is InChI=1S/C23H32O2/c1-3-4-5-6-19-7-9-20(10-8-19)11-12-21-13-14-22(15-18(21)2)23(16-24)17-25/h7-10,13-15,23-25H,3-6,11-12,16-17H2,1-2H3. The summed E-state index contributed by atoms with van der Waals surface area (Å²) in [6.45, 7) is 4.33. The highest BCUT2D eigenvalue weighted by molar-refractivity contribution is 5.34. The molecule has 0 spiro atoms. The third-order valence-electron chi connectivity index (χ3n) is 5.05. The SMILES string of the molecule is CCCCCc1ccc(CCc2ccc(C(CO)CO)cc2C)cc1. The molecule has 0 radical (unpaired) electrons. The highest BCUT2D eigenvalue weighted by atomic mass is 16.3. The summed E-state index contributed by atoms with van der Waals surface area (Å²) in [6, 6.07) is 15.3. The van der Waals surface area contributed by atoms with E-state index >= 15 is 0 Å². The zero-order valence-corrected chi connectivity index (χ0v) is 15.7. The summed E-state index contributed by atoms with van der Waals surface area (Å²) in [5, 5.41) is 18.6. The van der Waals surface area contributed by atoms with Gasteiger partial charge in [-0.15, -0.1) is 0 Å². The normalized spacial score (nSPS) is 11.2. The molecule has 25 heavy (non-hydrogen) atoms. The van der Waals surface area contributed by atoms with Gasteiger partial charge >= 0.3 is 0 Å². The largest absolute Gasteiger partial charge is 0.396 e. The third kappa shape index (κ3) is 5.98. The molecule has 0 aliphatic heterocycles. The van der Waals surface area contributed by atoms with E-state index in [-0.39, 0.29) is 19.1 Å². The van der Waals surface area contributed by atoms with Gasteiger partial charge in [0.05, 0.1) is 13.2 Å². The number of rotatable bonds is 10. The topological polar surface area (TPSA) is 40.5 Å². The Bertz CT molecular complexity index is 627. The van der Waals surface area contributed by atoms with Crippen LogP contribution in [0.3, 0.4) is 0 Å². The molecule has 2 nitrogen and oxygen atoms in total.